The molecule has 0 aliphatic rings. The number of nitrogens with zero attached hydrogens (tertiary/aromatic N) is 3. The van der Waals surface area contributed by atoms with Gasteiger partial charge in [0, 0.05) is 49.8 Å². The van der Waals surface area contributed by atoms with Crippen LogP contribution in [0.4, 0.5) is 20.5 Å². The highest BCUT2D eigenvalue weighted by Crippen LogP contribution is 2.21. The van der Waals surface area contributed by atoms with Crippen molar-refractivity contribution in [3.63, 3.8) is 0 Å². The van der Waals surface area contributed by atoms with Crippen molar-refractivity contribution in [2.45, 2.75) is 13.0 Å². The molecule has 0 saturated heterocycles. The van der Waals surface area contributed by atoms with Crippen LogP contribution in [0.2, 0.25) is 0 Å². The number of rotatable bonds is 8. The van der Waals surface area contributed by atoms with Gasteiger partial charge in [0.25, 0.3) is 0 Å². The first-order valence-electron chi connectivity index (χ1n) is 8.47. The van der Waals surface area contributed by atoms with E-state index in [9.17, 15) is 8.78 Å². The Labute approximate surface area is 155 Å². The van der Waals surface area contributed by atoms with Gasteiger partial charge < -0.3 is 15.7 Å². The van der Waals surface area contributed by atoms with Crippen LogP contribution in [0.3, 0.4) is 0 Å². The molecule has 27 heavy (non-hydrogen) atoms. The molecular weight excluding hydrogens is 352 g/mol. The smallest absolute Gasteiger partial charge is 0.225 e. The second kappa shape index (κ2) is 9.00. The van der Waals surface area contributed by atoms with Gasteiger partial charge in [-0.05, 0) is 36.2 Å². The number of anilines is 2. The van der Waals surface area contributed by atoms with E-state index in [0.717, 1.165) is 11.6 Å². The van der Waals surface area contributed by atoms with Gasteiger partial charge in [0.05, 0.1) is 5.69 Å². The molecule has 6 nitrogen and oxygen atoms in total. The Kier molecular flexibility index (Phi) is 6.22. The summed E-state index contributed by atoms with van der Waals surface area (Å²) in [5.41, 5.74) is 1.92. The van der Waals surface area contributed by atoms with Crippen LogP contribution in [0.15, 0.2) is 48.8 Å². The molecular formula is C19H19F2N5O. The van der Waals surface area contributed by atoms with Gasteiger partial charge >= 0.3 is 0 Å². The average Bonchev–Trinajstić information content (AvgIpc) is 2.66. The van der Waals surface area contributed by atoms with Crippen LogP contribution in [0.5, 0.6) is 0 Å². The zero-order valence-corrected chi connectivity index (χ0v) is 14.5. The molecule has 3 aromatic rings. The number of aromatic nitrogens is 3. The lowest BCUT2D eigenvalue weighted by molar-refractivity contribution is 0.292. The van der Waals surface area contributed by atoms with E-state index >= 15 is 0 Å². The third-order valence-electron chi connectivity index (χ3n) is 3.70. The van der Waals surface area contributed by atoms with Gasteiger partial charge in [-0.1, -0.05) is 0 Å². The molecule has 0 spiro atoms. The van der Waals surface area contributed by atoms with Crippen LogP contribution in [-0.2, 0) is 6.54 Å². The van der Waals surface area contributed by atoms with E-state index in [1.54, 1.807) is 24.5 Å². The summed E-state index contributed by atoms with van der Waals surface area (Å²) in [6.45, 7) is 0.779. The molecule has 140 valence electrons. The number of benzene rings is 1. The van der Waals surface area contributed by atoms with Crippen molar-refractivity contribution in [3.8, 4) is 11.3 Å². The SMILES string of the molecule is OCCCNc1nc(NCc2cc(F)cc(F)c2)cc(-c2cccnc2)n1. The fraction of sp³-hybridized carbons (Fsp3) is 0.211. The maximum atomic E-state index is 13.3. The summed E-state index contributed by atoms with van der Waals surface area (Å²) < 4.78 is 26.7. The quantitative estimate of drug-likeness (QED) is 0.528. The highest BCUT2D eigenvalue weighted by molar-refractivity contribution is 5.63. The van der Waals surface area contributed by atoms with Crippen molar-refractivity contribution in [3.05, 3.63) is 66.0 Å². The molecule has 0 atom stereocenters. The molecule has 0 saturated carbocycles. The molecule has 2 heterocycles. The predicted molar refractivity (Wildman–Crippen MR) is 99.1 cm³/mol. The molecule has 0 bridgehead atoms. The minimum atomic E-state index is -0.628. The molecule has 3 N–H and O–H groups in total. The van der Waals surface area contributed by atoms with Crippen LogP contribution in [-0.4, -0.2) is 33.2 Å². The topological polar surface area (TPSA) is 83.0 Å². The van der Waals surface area contributed by atoms with Crippen molar-refractivity contribution in [1.29, 1.82) is 0 Å². The average molecular weight is 371 g/mol. The maximum Gasteiger partial charge on any atom is 0.225 e. The van der Waals surface area contributed by atoms with E-state index in [-0.39, 0.29) is 13.2 Å². The fourth-order valence-electron chi connectivity index (χ4n) is 2.46. The standard InChI is InChI=1S/C19H19F2N5O/c20-15-7-13(8-16(21)9-15)11-24-18-10-17(14-3-1-4-22-12-14)25-19(26-18)23-5-2-6-27/h1,3-4,7-10,12,27H,2,5-6,11H2,(H2,23,24,25,26). The zero-order chi connectivity index (χ0) is 19.1. The van der Waals surface area contributed by atoms with Gasteiger partial charge in [0.2, 0.25) is 5.95 Å². The Morgan fingerprint density at radius 3 is 2.52 bits per heavy atom. The molecule has 0 aliphatic carbocycles. The van der Waals surface area contributed by atoms with Gasteiger partial charge in [-0.2, -0.15) is 4.98 Å². The number of nitrogens with one attached hydrogen (secondary N) is 2. The fourth-order valence-corrected chi connectivity index (χ4v) is 2.46. The summed E-state index contributed by atoms with van der Waals surface area (Å²) in [6, 6.07) is 8.78. The Morgan fingerprint density at radius 2 is 1.81 bits per heavy atom. The lowest BCUT2D eigenvalue weighted by atomic mass is 10.2. The maximum absolute atomic E-state index is 13.3. The summed E-state index contributed by atoms with van der Waals surface area (Å²) in [5, 5.41) is 15.0. The Bertz CT molecular complexity index is 872. The number of aliphatic hydroxyl groups is 1. The zero-order valence-electron chi connectivity index (χ0n) is 14.5. The molecule has 0 fully saturated rings. The largest absolute Gasteiger partial charge is 0.396 e. The minimum absolute atomic E-state index is 0.0611. The Hall–Kier alpha value is -3.13. The summed E-state index contributed by atoms with van der Waals surface area (Å²) >= 11 is 0. The Morgan fingerprint density at radius 1 is 1.00 bits per heavy atom. The molecule has 0 aliphatic heterocycles. The van der Waals surface area contributed by atoms with Gasteiger partial charge in [-0.3, -0.25) is 4.98 Å². The first kappa shape index (κ1) is 18.7. The van der Waals surface area contributed by atoms with Crippen LogP contribution in [0.1, 0.15) is 12.0 Å². The lowest BCUT2D eigenvalue weighted by Gasteiger charge is -2.11. The number of hydrogen-bond donors (Lipinski definition) is 3. The Balaban J connectivity index is 1.82. The van der Waals surface area contributed by atoms with Crippen LogP contribution in [0, 0.1) is 11.6 Å². The molecule has 0 unspecified atom stereocenters. The molecule has 0 radical (unpaired) electrons. The molecule has 1 aromatic carbocycles. The van der Waals surface area contributed by atoms with E-state index in [2.05, 4.69) is 25.6 Å². The van der Waals surface area contributed by atoms with E-state index in [0.29, 0.717) is 36.0 Å². The summed E-state index contributed by atoms with van der Waals surface area (Å²) in [6.07, 6.45) is 3.92. The van der Waals surface area contributed by atoms with E-state index in [4.69, 9.17) is 5.11 Å². The van der Waals surface area contributed by atoms with Crippen molar-refractivity contribution in [2.75, 3.05) is 23.8 Å². The minimum Gasteiger partial charge on any atom is -0.396 e. The van der Waals surface area contributed by atoms with Crippen LogP contribution < -0.4 is 10.6 Å². The number of aliphatic hydroxyl groups excluding tert-OH is 1. The monoisotopic (exact) mass is 371 g/mol. The molecule has 2 aromatic heterocycles. The predicted octanol–water partition coefficient (Wildman–Crippen LogP) is 3.22. The highest BCUT2D eigenvalue weighted by atomic mass is 19.1. The third kappa shape index (κ3) is 5.42. The normalized spacial score (nSPS) is 10.6. The summed E-state index contributed by atoms with van der Waals surface area (Å²) in [5.74, 6) is -0.369. The van der Waals surface area contributed by atoms with Crippen LogP contribution >= 0.6 is 0 Å². The first-order chi connectivity index (χ1) is 13.1. The van der Waals surface area contributed by atoms with E-state index in [1.165, 1.54) is 12.1 Å². The summed E-state index contributed by atoms with van der Waals surface area (Å²) in [7, 11) is 0. The number of hydrogen-bond acceptors (Lipinski definition) is 6. The van der Waals surface area contributed by atoms with Gasteiger partial charge in [0.1, 0.15) is 17.5 Å². The van der Waals surface area contributed by atoms with Gasteiger partial charge in [-0.25, -0.2) is 13.8 Å². The van der Waals surface area contributed by atoms with Gasteiger partial charge in [0.15, 0.2) is 0 Å². The number of pyridine rings is 1. The second-order valence-corrected chi connectivity index (χ2v) is 5.84. The van der Waals surface area contributed by atoms with Crippen molar-refractivity contribution in [1.82, 2.24) is 15.0 Å². The second-order valence-electron chi connectivity index (χ2n) is 5.84. The van der Waals surface area contributed by atoms with Gasteiger partial charge in [-0.15, -0.1) is 0 Å². The third-order valence-corrected chi connectivity index (χ3v) is 3.70. The van der Waals surface area contributed by atoms with Crippen LogP contribution in [0.25, 0.3) is 11.3 Å². The van der Waals surface area contributed by atoms with Crippen molar-refractivity contribution >= 4 is 11.8 Å². The molecule has 3 rings (SSSR count). The first-order valence-corrected chi connectivity index (χ1v) is 8.47. The number of halogens is 2. The van der Waals surface area contributed by atoms with Crippen molar-refractivity contribution in [2.24, 2.45) is 0 Å². The highest BCUT2D eigenvalue weighted by Gasteiger charge is 2.08. The van der Waals surface area contributed by atoms with Crippen molar-refractivity contribution < 1.29 is 13.9 Å². The summed E-state index contributed by atoms with van der Waals surface area (Å²) in [4.78, 5) is 12.9. The lowest BCUT2D eigenvalue weighted by Crippen LogP contribution is -2.10. The van der Waals surface area contributed by atoms with E-state index in [1.807, 2.05) is 6.07 Å². The van der Waals surface area contributed by atoms with E-state index < -0.39 is 11.6 Å². The molecule has 0 amide bonds. The molecule has 8 heteroatoms.